The van der Waals surface area contributed by atoms with Crippen molar-refractivity contribution in [1.29, 1.82) is 0 Å². The molecule has 0 unspecified atom stereocenters. The molecule has 0 atom stereocenters. The van der Waals surface area contributed by atoms with Crippen LogP contribution in [0.3, 0.4) is 0 Å². The van der Waals surface area contributed by atoms with Gasteiger partial charge in [-0.05, 0) is 73.4 Å². The highest BCUT2D eigenvalue weighted by atomic mass is 35.5. The number of hydrogen-bond donors (Lipinski definition) is 0. The molecule has 27 heavy (non-hydrogen) atoms. The summed E-state index contributed by atoms with van der Waals surface area (Å²) in [6, 6.07) is 13.3. The maximum atomic E-state index is 13.5. The molecule has 0 spiro atoms. The summed E-state index contributed by atoms with van der Waals surface area (Å²) in [4.78, 5) is 0. The van der Waals surface area contributed by atoms with Crippen LogP contribution in [0.15, 0.2) is 42.5 Å². The van der Waals surface area contributed by atoms with Crippen molar-refractivity contribution in [2.75, 3.05) is 0 Å². The van der Waals surface area contributed by atoms with E-state index in [0.29, 0.717) is 11.5 Å². The van der Waals surface area contributed by atoms with Gasteiger partial charge in [-0.2, -0.15) is 0 Å². The Hall–Kier alpha value is -1.78. The largest absolute Gasteiger partial charge is 0.205 e. The standard InChI is InChI=1S/C25H28ClF/c1-2-3-4-5-19-8-13-22(14-9-19)23-15-10-20(11-16-23)6-7-21-12-17-24(26)25(27)18-21/h10-12,15-19,22H,2-5,8-9,13-14H2,1H3/t19-,22-. The van der Waals surface area contributed by atoms with Crippen molar-refractivity contribution in [3.05, 3.63) is 70.0 Å². The maximum Gasteiger partial charge on any atom is 0.143 e. The summed E-state index contributed by atoms with van der Waals surface area (Å²) in [5, 5.41) is 0.130. The molecule has 2 aromatic rings. The Morgan fingerprint density at radius 1 is 0.926 bits per heavy atom. The zero-order valence-electron chi connectivity index (χ0n) is 16.1. The zero-order valence-corrected chi connectivity index (χ0v) is 16.9. The molecule has 1 fully saturated rings. The molecule has 0 aromatic heterocycles. The van der Waals surface area contributed by atoms with E-state index in [0.717, 1.165) is 11.5 Å². The lowest BCUT2D eigenvalue weighted by molar-refractivity contribution is 0.303. The molecule has 0 aliphatic heterocycles. The molecule has 1 aliphatic rings. The molecular formula is C25H28ClF. The normalized spacial score (nSPS) is 19.4. The Bertz CT molecular complexity index is 789. The minimum atomic E-state index is -0.427. The van der Waals surface area contributed by atoms with Crippen molar-refractivity contribution in [3.8, 4) is 11.8 Å². The van der Waals surface area contributed by atoms with Crippen molar-refractivity contribution >= 4 is 11.6 Å². The van der Waals surface area contributed by atoms with Crippen molar-refractivity contribution in [2.24, 2.45) is 5.92 Å². The SMILES string of the molecule is CCCCC[C@H]1CC[C@H](c2ccc(C#Cc3ccc(Cl)c(F)c3)cc2)CC1. The summed E-state index contributed by atoms with van der Waals surface area (Å²) in [5.74, 6) is 7.33. The van der Waals surface area contributed by atoms with Crippen LogP contribution in [-0.4, -0.2) is 0 Å². The van der Waals surface area contributed by atoms with Gasteiger partial charge in [-0.1, -0.05) is 68.2 Å². The second-order valence-corrected chi connectivity index (χ2v) is 8.12. The Kier molecular flexibility index (Phi) is 7.36. The number of rotatable bonds is 5. The van der Waals surface area contributed by atoms with Crippen LogP contribution in [-0.2, 0) is 0 Å². The average molecular weight is 383 g/mol. The van der Waals surface area contributed by atoms with Crippen LogP contribution >= 0.6 is 11.6 Å². The van der Waals surface area contributed by atoms with E-state index in [1.807, 2.05) is 0 Å². The number of unbranched alkanes of at least 4 members (excludes halogenated alkanes) is 2. The van der Waals surface area contributed by atoms with E-state index in [9.17, 15) is 4.39 Å². The Labute approximate surface area is 168 Å². The highest BCUT2D eigenvalue weighted by Gasteiger charge is 2.21. The van der Waals surface area contributed by atoms with Crippen LogP contribution in [0.5, 0.6) is 0 Å². The van der Waals surface area contributed by atoms with Crippen molar-refractivity contribution < 1.29 is 4.39 Å². The van der Waals surface area contributed by atoms with Crippen molar-refractivity contribution in [2.45, 2.75) is 64.2 Å². The Balaban J connectivity index is 1.55. The molecule has 142 valence electrons. The van der Waals surface area contributed by atoms with Gasteiger partial charge >= 0.3 is 0 Å². The summed E-state index contributed by atoms with van der Waals surface area (Å²) in [7, 11) is 0. The predicted octanol–water partition coefficient (Wildman–Crippen LogP) is 7.73. The second kappa shape index (κ2) is 9.95. The molecule has 0 N–H and O–H groups in total. The van der Waals surface area contributed by atoms with Gasteiger partial charge in [0, 0.05) is 11.1 Å². The van der Waals surface area contributed by atoms with Gasteiger partial charge in [0.15, 0.2) is 0 Å². The van der Waals surface area contributed by atoms with E-state index in [1.54, 1.807) is 12.1 Å². The van der Waals surface area contributed by atoms with Crippen LogP contribution in [0.2, 0.25) is 5.02 Å². The zero-order chi connectivity index (χ0) is 19.1. The molecule has 0 bridgehead atoms. The minimum Gasteiger partial charge on any atom is -0.205 e. The number of benzene rings is 2. The number of hydrogen-bond acceptors (Lipinski definition) is 0. The third kappa shape index (κ3) is 5.85. The quantitative estimate of drug-likeness (QED) is 0.366. The van der Waals surface area contributed by atoms with E-state index in [4.69, 9.17) is 11.6 Å². The predicted molar refractivity (Wildman–Crippen MR) is 113 cm³/mol. The molecule has 0 saturated heterocycles. The molecule has 0 amide bonds. The second-order valence-electron chi connectivity index (χ2n) is 7.71. The highest BCUT2D eigenvalue weighted by Crippen LogP contribution is 2.37. The lowest BCUT2D eigenvalue weighted by Crippen LogP contribution is -2.13. The van der Waals surface area contributed by atoms with Gasteiger partial charge in [0.1, 0.15) is 5.82 Å². The Morgan fingerprint density at radius 3 is 2.26 bits per heavy atom. The fourth-order valence-electron chi connectivity index (χ4n) is 4.02. The van der Waals surface area contributed by atoms with Crippen LogP contribution in [0.4, 0.5) is 4.39 Å². The van der Waals surface area contributed by atoms with Crippen LogP contribution in [0.25, 0.3) is 0 Å². The van der Waals surface area contributed by atoms with Crippen molar-refractivity contribution in [3.63, 3.8) is 0 Å². The highest BCUT2D eigenvalue weighted by molar-refractivity contribution is 6.30. The van der Waals surface area contributed by atoms with Crippen molar-refractivity contribution in [1.82, 2.24) is 0 Å². The molecule has 0 radical (unpaired) electrons. The van der Waals surface area contributed by atoms with Gasteiger partial charge in [0.05, 0.1) is 5.02 Å². The fraction of sp³-hybridized carbons (Fsp3) is 0.440. The van der Waals surface area contributed by atoms with Gasteiger partial charge in [0.25, 0.3) is 0 Å². The summed E-state index contributed by atoms with van der Waals surface area (Å²) >= 11 is 5.71. The van der Waals surface area contributed by atoms with Gasteiger partial charge in [-0.25, -0.2) is 4.39 Å². The van der Waals surface area contributed by atoms with E-state index in [-0.39, 0.29) is 5.02 Å². The third-order valence-electron chi connectivity index (χ3n) is 5.72. The monoisotopic (exact) mass is 382 g/mol. The lowest BCUT2D eigenvalue weighted by atomic mass is 9.77. The minimum absolute atomic E-state index is 0.130. The summed E-state index contributed by atoms with van der Waals surface area (Å²) in [6.45, 7) is 2.28. The van der Waals surface area contributed by atoms with E-state index >= 15 is 0 Å². The van der Waals surface area contributed by atoms with Crippen LogP contribution in [0.1, 0.15) is 80.9 Å². The summed E-state index contributed by atoms with van der Waals surface area (Å²) in [5.41, 5.74) is 3.04. The molecule has 2 heteroatoms. The lowest BCUT2D eigenvalue weighted by Gasteiger charge is -2.29. The van der Waals surface area contributed by atoms with E-state index < -0.39 is 5.82 Å². The van der Waals surface area contributed by atoms with Gasteiger partial charge in [-0.3, -0.25) is 0 Å². The fourth-order valence-corrected chi connectivity index (χ4v) is 4.14. The smallest absolute Gasteiger partial charge is 0.143 e. The molecule has 3 rings (SSSR count). The molecule has 1 aliphatic carbocycles. The van der Waals surface area contributed by atoms with Gasteiger partial charge in [0.2, 0.25) is 0 Å². The van der Waals surface area contributed by atoms with Crippen LogP contribution in [0, 0.1) is 23.6 Å². The van der Waals surface area contributed by atoms with Crippen LogP contribution < -0.4 is 0 Å². The summed E-state index contributed by atoms with van der Waals surface area (Å²) in [6.07, 6.45) is 10.9. The van der Waals surface area contributed by atoms with Gasteiger partial charge in [-0.15, -0.1) is 0 Å². The maximum absolute atomic E-state index is 13.5. The molecule has 2 aromatic carbocycles. The first-order valence-corrected chi connectivity index (χ1v) is 10.6. The van der Waals surface area contributed by atoms with E-state index in [2.05, 4.69) is 43.0 Å². The molecule has 0 nitrogen and oxygen atoms in total. The summed E-state index contributed by atoms with van der Waals surface area (Å²) < 4.78 is 13.5. The first kappa shape index (κ1) is 20.0. The Morgan fingerprint density at radius 2 is 1.59 bits per heavy atom. The van der Waals surface area contributed by atoms with Gasteiger partial charge < -0.3 is 0 Å². The van der Waals surface area contributed by atoms with E-state index in [1.165, 1.54) is 63.0 Å². The average Bonchev–Trinajstić information content (AvgIpc) is 2.70. The first-order chi connectivity index (χ1) is 13.2. The molecular weight excluding hydrogens is 355 g/mol. The molecule has 1 saturated carbocycles. The molecule has 0 heterocycles. The first-order valence-electron chi connectivity index (χ1n) is 10.2. The number of halogens is 2. The topological polar surface area (TPSA) is 0 Å². The third-order valence-corrected chi connectivity index (χ3v) is 6.02.